The molecule has 0 unspecified atom stereocenters. The largest absolute Gasteiger partial charge is 0.418 e. The molecule has 2 nitrogen and oxygen atoms in total. The molecule has 0 aliphatic rings. The number of rotatable bonds is 2. The number of halogens is 6. The zero-order valence-electron chi connectivity index (χ0n) is 7.52. The summed E-state index contributed by atoms with van der Waals surface area (Å²) < 4.78 is 62.4. The van der Waals surface area contributed by atoms with Crippen molar-refractivity contribution in [2.24, 2.45) is 0 Å². The zero-order chi connectivity index (χ0) is 12.5. The van der Waals surface area contributed by atoms with Crippen molar-refractivity contribution in [2.75, 3.05) is 0 Å². The van der Waals surface area contributed by atoms with E-state index in [1.807, 2.05) is 0 Å². The molecule has 90 valence electrons. The van der Waals surface area contributed by atoms with Crippen molar-refractivity contribution in [3.63, 3.8) is 0 Å². The van der Waals surface area contributed by atoms with Crippen molar-refractivity contribution in [3.05, 3.63) is 28.0 Å². The average Bonchev–Trinajstić information content (AvgIpc) is 2.15. The van der Waals surface area contributed by atoms with Crippen LogP contribution in [0.2, 0.25) is 5.02 Å². The van der Waals surface area contributed by atoms with E-state index < -0.39 is 41.1 Å². The number of nitrogens with zero attached hydrogens (tertiary/aromatic N) is 1. The molecule has 1 aromatic heterocycles. The van der Waals surface area contributed by atoms with Gasteiger partial charge in [0.25, 0.3) is 6.43 Å². The van der Waals surface area contributed by atoms with Crippen molar-refractivity contribution in [3.8, 4) is 0 Å². The maximum Gasteiger partial charge on any atom is 0.418 e. The third kappa shape index (κ3) is 2.41. The summed E-state index contributed by atoms with van der Waals surface area (Å²) in [5.74, 6) is 0. The molecule has 0 aromatic carbocycles. The molecule has 0 saturated carbocycles. The monoisotopic (exact) mass is 261 g/mol. The van der Waals surface area contributed by atoms with Gasteiger partial charge in [-0.25, -0.2) is 8.78 Å². The number of aromatic nitrogens is 1. The fraction of sp³-hybridized carbons (Fsp3) is 0.375. The van der Waals surface area contributed by atoms with Gasteiger partial charge in [-0.1, -0.05) is 11.6 Å². The second-order valence-electron chi connectivity index (χ2n) is 2.80. The minimum absolute atomic E-state index is 0.657. The van der Waals surface area contributed by atoms with Gasteiger partial charge in [0, 0.05) is 6.20 Å². The van der Waals surface area contributed by atoms with Gasteiger partial charge in [-0.15, -0.1) is 0 Å². The Labute approximate surface area is 91.7 Å². The molecule has 16 heavy (non-hydrogen) atoms. The van der Waals surface area contributed by atoms with Gasteiger partial charge in [0.1, 0.15) is 0 Å². The van der Waals surface area contributed by atoms with Crippen LogP contribution in [-0.2, 0) is 12.8 Å². The van der Waals surface area contributed by atoms with E-state index in [2.05, 4.69) is 4.98 Å². The molecule has 0 amide bonds. The van der Waals surface area contributed by atoms with Gasteiger partial charge in [0.15, 0.2) is 0 Å². The number of hydrogen-bond acceptors (Lipinski definition) is 2. The van der Waals surface area contributed by atoms with Crippen molar-refractivity contribution in [1.29, 1.82) is 0 Å². The molecule has 0 spiro atoms. The van der Waals surface area contributed by atoms with E-state index in [1.54, 1.807) is 0 Å². The first kappa shape index (κ1) is 13.1. The normalized spacial score (nSPS) is 12.2. The van der Waals surface area contributed by atoms with E-state index in [0.717, 1.165) is 0 Å². The van der Waals surface area contributed by atoms with Gasteiger partial charge in [-0.3, -0.25) is 4.98 Å². The van der Waals surface area contributed by atoms with E-state index in [9.17, 15) is 22.0 Å². The molecule has 0 bridgehead atoms. The second kappa shape index (κ2) is 4.50. The van der Waals surface area contributed by atoms with Gasteiger partial charge >= 0.3 is 6.18 Å². The molecule has 0 fully saturated rings. The van der Waals surface area contributed by atoms with E-state index in [0.29, 0.717) is 6.20 Å². The van der Waals surface area contributed by atoms with E-state index in [4.69, 9.17) is 16.7 Å². The Balaban J connectivity index is 3.56. The molecule has 0 saturated heterocycles. The highest BCUT2D eigenvalue weighted by Gasteiger charge is 2.40. The van der Waals surface area contributed by atoms with Crippen LogP contribution in [0.25, 0.3) is 0 Å². The lowest BCUT2D eigenvalue weighted by Gasteiger charge is -2.16. The summed E-state index contributed by atoms with van der Waals surface area (Å²) in [6.07, 6.45) is -7.77. The number of aliphatic hydroxyl groups excluding tert-OH is 1. The summed E-state index contributed by atoms with van der Waals surface area (Å²) in [6, 6.07) is 0. The summed E-state index contributed by atoms with van der Waals surface area (Å²) >= 11 is 5.24. The Morgan fingerprint density at radius 3 is 2.31 bits per heavy atom. The van der Waals surface area contributed by atoms with Crippen LogP contribution in [0.1, 0.15) is 23.2 Å². The maximum atomic E-state index is 12.5. The first-order valence-electron chi connectivity index (χ1n) is 3.92. The van der Waals surface area contributed by atoms with Crippen LogP contribution in [-0.4, -0.2) is 10.1 Å². The SMILES string of the molecule is OCc1ncc(Cl)c(C(F)F)c1C(F)(F)F. The summed E-state index contributed by atoms with van der Waals surface area (Å²) in [5.41, 5.74) is -3.89. The molecule has 0 atom stereocenters. The Morgan fingerprint density at radius 2 is 1.94 bits per heavy atom. The molecule has 1 aromatic rings. The molecule has 0 aliphatic carbocycles. The van der Waals surface area contributed by atoms with Gasteiger partial charge < -0.3 is 5.11 Å². The molecule has 0 radical (unpaired) electrons. The molecule has 8 heteroatoms. The Morgan fingerprint density at radius 1 is 1.38 bits per heavy atom. The fourth-order valence-electron chi connectivity index (χ4n) is 1.19. The lowest BCUT2D eigenvalue weighted by Crippen LogP contribution is -2.15. The highest BCUT2D eigenvalue weighted by atomic mass is 35.5. The molecule has 1 heterocycles. The molecule has 1 N–H and O–H groups in total. The fourth-order valence-corrected chi connectivity index (χ4v) is 1.42. The predicted molar refractivity (Wildman–Crippen MR) is 45.1 cm³/mol. The summed E-state index contributed by atoms with van der Waals surface area (Å²) in [6.45, 7) is -1.09. The second-order valence-corrected chi connectivity index (χ2v) is 3.21. The van der Waals surface area contributed by atoms with Gasteiger partial charge in [-0.05, 0) is 0 Å². The van der Waals surface area contributed by atoms with E-state index >= 15 is 0 Å². The van der Waals surface area contributed by atoms with E-state index in [1.165, 1.54) is 0 Å². The van der Waals surface area contributed by atoms with Crippen LogP contribution in [0, 0.1) is 0 Å². The molecule has 0 aliphatic heterocycles. The first-order chi connectivity index (χ1) is 7.29. The van der Waals surface area contributed by atoms with Crippen LogP contribution < -0.4 is 0 Å². The first-order valence-corrected chi connectivity index (χ1v) is 4.30. The Bertz CT molecular complexity index is 393. The maximum absolute atomic E-state index is 12.5. The Kier molecular flexibility index (Phi) is 3.69. The summed E-state index contributed by atoms with van der Waals surface area (Å²) in [5, 5.41) is 7.85. The van der Waals surface area contributed by atoms with Crippen LogP contribution in [0.3, 0.4) is 0 Å². The number of hydrogen-bond donors (Lipinski definition) is 1. The quantitative estimate of drug-likeness (QED) is 0.830. The number of aliphatic hydroxyl groups is 1. The minimum Gasteiger partial charge on any atom is -0.390 e. The van der Waals surface area contributed by atoms with Crippen molar-refractivity contribution >= 4 is 11.6 Å². The topological polar surface area (TPSA) is 33.1 Å². The third-order valence-electron chi connectivity index (χ3n) is 1.80. The van der Waals surface area contributed by atoms with E-state index in [-0.39, 0.29) is 0 Å². The minimum atomic E-state index is -5.04. The lowest BCUT2D eigenvalue weighted by molar-refractivity contribution is -0.141. The van der Waals surface area contributed by atoms with Gasteiger partial charge in [0.05, 0.1) is 28.5 Å². The molecule has 1 rings (SSSR count). The smallest absolute Gasteiger partial charge is 0.390 e. The Hall–Kier alpha value is -0.950. The summed E-state index contributed by atoms with van der Waals surface area (Å²) in [4.78, 5) is 3.17. The zero-order valence-corrected chi connectivity index (χ0v) is 8.28. The third-order valence-corrected chi connectivity index (χ3v) is 2.10. The molecular formula is C8H5ClF5NO. The van der Waals surface area contributed by atoms with Crippen LogP contribution in [0.4, 0.5) is 22.0 Å². The standard InChI is InChI=1S/C8H5ClF5NO/c9-3-1-15-4(2-16)6(8(12,13)14)5(3)7(10)11/h1,7,16H,2H2. The highest BCUT2D eigenvalue weighted by molar-refractivity contribution is 6.31. The van der Waals surface area contributed by atoms with Crippen molar-refractivity contribution < 1.29 is 27.1 Å². The van der Waals surface area contributed by atoms with Crippen molar-refractivity contribution in [2.45, 2.75) is 19.2 Å². The van der Waals surface area contributed by atoms with Gasteiger partial charge in [0.2, 0.25) is 0 Å². The summed E-state index contributed by atoms with van der Waals surface area (Å²) in [7, 11) is 0. The number of pyridine rings is 1. The van der Waals surface area contributed by atoms with Crippen LogP contribution >= 0.6 is 11.6 Å². The predicted octanol–water partition coefficient (Wildman–Crippen LogP) is 3.18. The highest BCUT2D eigenvalue weighted by Crippen LogP contribution is 2.41. The van der Waals surface area contributed by atoms with Gasteiger partial charge in [-0.2, -0.15) is 13.2 Å². The lowest BCUT2D eigenvalue weighted by atomic mass is 10.1. The van der Waals surface area contributed by atoms with Crippen molar-refractivity contribution in [1.82, 2.24) is 4.98 Å². The number of alkyl halides is 5. The van der Waals surface area contributed by atoms with Crippen LogP contribution in [0.15, 0.2) is 6.20 Å². The van der Waals surface area contributed by atoms with Crippen LogP contribution in [0.5, 0.6) is 0 Å². The average molecular weight is 262 g/mol. The molecular weight excluding hydrogens is 257 g/mol.